The van der Waals surface area contributed by atoms with Crippen LogP contribution in [0.25, 0.3) is 0 Å². The van der Waals surface area contributed by atoms with Crippen molar-refractivity contribution in [3.8, 4) is 0 Å². The van der Waals surface area contributed by atoms with Crippen molar-refractivity contribution in [3.63, 3.8) is 0 Å². The summed E-state index contributed by atoms with van der Waals surface area (Å²) < 4.78 is 56.1. The van der Waals surface area contributed by atoms with Crippen molar-refractivity contribution >= 4 is 23.5 Å². The van der Waals surface area contributed by atoms with Crippen LogP contribution >= 0.6 is 23.5 Å². The fourth-order valence-corrected chi connectivity index (χ4v) is 5.31. The van der Waals surface area contributed by atoms with Gasteiger partial charge in [-0.3, -0.25) is 4.52 Å². The monoisotopic (exact) mass is 428 g/mol. The van der Waals surface area contributed by atoms with Crippen molar-refractivity contribution in [3.05, 3.63) is 0 Å². The summed E-state index contributed by atoms with van der Waals surface area (Å²) in [7, 11) is -14.6. The maximum atomic E-state index is 11.7. The smallest absolute Gasteiger partial charge is 0.379 e. The van der Waals surface area contributed by atoms with E-state index in [0.717, 1.165) is 19.3 Å². The first-order chi connectivity index (χ1) is 11.4. The molecule has 150 valence electrons. The Labute approximate surface area is 144 Å². The molecular weight excluding hydrogens is 405 g/mol. The van der Waals surface area contributed by atoms with Gasteiger partial charge in [-0.2, -0.15) is 8.62 Å². The number of hydrogen-bond donors (Lipinski definition) is 4. The topological polar surface area (TPSA) is 178 Å². The second kappa shape index (κ2) is 9.50. The van der Waals surface area contributed by atoms with Gasteiger partial charge in [0, 0.05) is 13.5 Å². The average molecular weight is 428 g/mol. The second-order valence-corrected chi connectivity index (χ2v) is 9.76. The third kappa shape index (κ3) is 9.19. The van der Waals surface area contributed by atoms with Crippen molar-refractivity contribution in [2.45, 2.75) is 50.9 Å². The Bertz CT molecular complexity index is 561. The molecule has 0 spiro atoms. The van der Waals surface area contributed by atoms with Crippen LogP contribution in [0.5, 0.6) is 0 Å². The molecule has 0 aliphatic carbocycles. The van der Waals surface area contributed by atoms with E-state index in [1.54, 1.807) is 0 Å². The fraction of sp³-hybridized carbons (Fsp3) is 1.00. The third-order valence-electron chi connectivity index (χ3n) is 3.28. The van der Waals surface area contributed by atoms with Gasteiger partial charge in [0.15, 0.2) is 0 Å². The highest BCUT2D eigenvalue weighted by molar-refractivity contribution is 7.66. The maximum Gasteiger partial charge on any atom is 0.490 e. The molecule has 0 saturated carbocycles. The Morgan fingerprint density at radius 3 is 2.24 bits per heavy atom. The van der Waals surface area contributed by atoms with Crippen LogP contribution in [0.4, 0.5) is 0 Å². The molecule has 0 radical (unpaired) electrons. The van der Waals surface area contributed by atoms with Gasteiger partial charge in [0.05, 0.1) is 18.8 Å². The molecule has 12 nitrogen and oxygen atoms in total. The molecule has 25 heavy (non-hydrogen) atoms. The molecular formula is C10H23O12P3. The van der Waals surface area contributed by atoms with E-state index in [1.807, 2.05) is 6.92 Å². The number of unbranched alkanes of at least 4 members (excludes halogenated alkanes) is 1. The highest BCUT2D eigenvalue weighted by atomic mass is 31.3. The first kappa shape index (κ1) is 23.4. The number of rotatable bonds is 11. The molecule has 0 bridgehead atoms. The fourth-order valence-electron chi connectivity index (χ4n) is 2.28. The molecule has 1 aliphatic heterocycles. The lowest BCUT2D eigenvalue weighted by Crippen LogP contribution is -2.28. The molecule has 1 heterocycles. The first-order valence-corrected chi connectivity index (χ1v) is 11.9. The van der Waals surface area contributed by atoms with Gasteiger partial charge >= 0.3 is 23.5 Å². The summed E-state index contributed by atoms with van der Waals surface area (Å²) in [6, 6.07) is 0. The number of ether oxygens (including phenoxy) is 2. The standard InChI is InChI=1S/C10H23O12P3/c1-3-4-5-8-6-9(18-2)10(20-8)7-19-24(14,15)22-25(16,17)21-23(11,12)13/h8-10H,3-7H2,1-2H3,(H,14,15)(H,16,17)(H2,11,12,13)/t8-,9+,10+/m0/s1. The lowest BCUT2D eigenvalue weighted by Gasteiger charge is -2.20. The molecule has 1 fully saturated rings. The zero-order chi connectivity index (χ0) is 19.3. The van der Waals surface area contributed by atoms with Crippen LogP contribution in [0.1, 0.15) is 32.6 Å². The van der Waals surface area contributed by atoms with E-state index >= 15 is 0 Å². The Morgan fingerprint density at radius 2 is 1.72 bits per heavy atom. The quantitative estimate of drug-likeness (QED) is 0.351. The molecule has 4 N–H and O–H groups in total. The van der Waals surface area contributed by atoms with Crippen molar-refractivity contribution in [1.29, 1.82) is 0 Å². The van der Waals surface area contributed by atoms with Crippen LogP contribution in [0, 0.1) is 0 Å². The van der Waals surface area contributed by atoms with E-state index in [2.05, 4.69) is 13.1 Å². The van der Waals surface area contributed by atoms with E-state index in [4.69, 9.17) is 24.2 Å². The van der Waals surface area contributed by atoms with Crippen LogP contribution in [-0.2, 0) is 36.3 Å². The Hall–Kier alpha value is 0.330. The lowest BCUT2D eigenvalue weighted by molar-refractivity contribution is -0.0348. The highest BCUT2D eigenvalue weighted by Gasteiger charge is 2.42. The van der Waals surface area contributed by atoms with Gasteiger partial charge in [0.2, 0.25) is 0 Å². The van der Waals surface area contributed by atoms with Crippen LogP contribution in [0.2, 0.25) is 0 Å². The van der Waals surface area contributed by atoms with Gasteiger partial charge in [0.1, 0.15) is 6.10 Å². The van der Waals surface area contributed by atoms with Crippen molar-refractivity contribution < 1.29 is 55.9 Å². The van der Waals surface area contributed by atoms with Gasteiger partial charge in [-0.05, 0) is 6.42 Å². The minimum atomic E-state index is -5.52. The SMILES string of the molecule is CCCC[C@H]1C[C@@H](OC)[C@@H](COP(=O)(O)OP(=O)(O)OP(=O)(O)O)O1. The Morgan fingerprint density at radius 1 is 1.08 bits per heavy atom. The minimum absolute atomic E-state index is 0.112. The summed E-state index contributed by atoms with van der Waals surface area (Å²) in [4.78, 5) is 35.4. The molecule has 1 rings (SSSR count). The zero-order valence-corrected chi connectivity index (χ0v) is 16.3. The zero-order valence-electron chi connectivity index (χ0n) is 13.7. The summed E-state index contributed by atoms with van der Waals surface area (Å²) in [6.45, 7) is 1.53. The molecule has 2 unspecified atom stereocenters. The number of phosphoric acid groups is 3. The summed E-state index contributed by atoms with van der Waals surface area (Å²) in [6.07, 6.45) is 2.02. The van der Waals surface area contributed by atoms with Crippen molar-refractivity contribution in [2.24, 2.45) is 0 Å². The predicted octanol–water partition coefficient (Wildman–Crippen LogP) is 1.69. The molecule has 5 atom stereocenters. The number of methoxy groups -OCH3 is 1. The van der Waals surface area contributed by atoms with Gasteiger partial charge < -0.3 is 29.0 Å². The van der Waals surface area contributed by atoms with E-state index in [9.17, 15) is 18.6 Å². The number of phosphoric ester groups is 1. The van der Waals surface area contributed by atoms with Gasteiger partial charge in [-0.1, -0.05) is 19.8 Å². The number of hydrogen-bond acceptors (Lipinski definition) is 8. The molecule has 15 heteroatoms. The van der Waals surface area contributed by atoms with E-state index in [-0.39, 0.29) is 6.10 Å². The molecule has 1 aliphatic rings. The molecule has 1 saturated heterocycles. The maximum absolute atomic E-state index is 11.7. The largest absolute Gasteiger partial charge is 0.490 e. The minimum Gasteiger partial charge on any atom is -0.379 e. The highest BCUT2D eigenvalue weighted by Crippen LogP contribution is 2.66. The molecule has 0 aromatic rings. The van der Waals surface area contributed by atoms with Crippen LogP contribution < -0.4 is 0 Å². The summed E-state index contributed by atoms with van der Waals surface area (Å²) in [5.41, 5.74) is 0. The Kier molecular flexibility index (Phi) is 8.88. The van der Waals surface area contributed by atoms with E-state index < -0.39 is 42.3 Å². The van der Waals surface area contributed by atoms with E-state index in [1.165, 1.54) is 7.11 Å². The molecule has 0 aromatic heterocycles. The van der Waals surface area contributed by atoms with Gasteiger partial charge in [-0.25, -0.2) is 13.7 Å². The third-order valence-corrected chi connectivity index (χ3v) is 7.08. The predicted molar refractivity (Wildman–Crippen MR) is 83.4 cm³/mol. The van der Waals surface area contributed by atoms with Crippen LogP contribution in [0.3, 0.4) is 0 Å². The summed E-state index contributed by atoms with van der Waals surface area (Å²) in [5.74, 6) is 0. The first-order valence-electron chi connectivity index (χ1n) is 7.34. The molecule has 0 amide bonds. The lowest BCUT2D eigenvalue weighted by atomic mass is 10.1. The average Bonchev–Trinajstić information content (AvgIpc) is 2.81. The van der Waals surface area contributed by atoms with Crippen molar-refractivity contribution in [2.75, 3.05) is 13.7 Å². The van der Waals surface area contributed by atoms with Crippen LogP contribution in [-0.4, -0.2) is 51.6 Å². The van der Waals surface area contributed by atoms with Crippen molar-refractivity contribution in [1.82, 2.24) is 0 Å². The van der Waals surface area contributed by atoms with Gasteiger partial charge in [-0.15, -0.1) is 0 Å². The van der Waals surface area contributed by atoms with Gasteiger partial charge in [0.25, 0.3) is 0 Å². The second-order valence-electron chi connectivity index (χ2n) is 5.34. The normalized spacial score (nSPS) is 29.3. The van der Waals surface area contributed by atoms with E-state index in [0.29, 0.717) is 6.42 Å². The molecule has 0 aromatic carbocycles. The summed E-state index contributed by atoms with van der Waals surface area (Å²) in [5, 5.41) is 0. The van der Waals surface area contributed by atoms with Crippen LogP contribution in [0.15, 0.2) is 0 Å². The Balaban J connectivity index is 2.58. The summed E-state index contributed by atoms with van der Waals surface area (Å²) >= 11 is 0.